The highest BCUT2D eigenvalue weighted by atomic mass is 14.2. The van der Waals surface area contributed by atoms with Crippen LogP contribution in [0.5, 0.6) is 0 Å². The van der Waals surface area contributed by atoms with E-state index in [1.165, 1.54) is 87.6 Å². The topological polar surface area (TPSA) is 0 Å². The molecule has 0 N–H and O–H groups in total. The fourth-order valence-electron chi connectivity index (χ4n) is 7.33. The van der Waals surface area contributed by atoms with Gasteiger partial charge in [-0.2, -0.15) is 0 Å². The zero-order chi connectivity index (χ0) is 30.5. The highest BCUT2D eigenvalue weighted by molar-refractivity contribution is 6.23. The maximum Gasteiger partial charge on any atom is -0.00199 e. The first-order valence-corrected chi connectivity index (χ1v) is 15.9. The van der Waals surface area contributed by atoms with E-state index in [0.29, 0.717) is 0 Å². The lowest BCUT2D eigenvalue weighted by molar-refractivity contribution is 1.62. The highest BCUT2D eigenvalue weighted by Gasteiger charge is 2.20. The molecule has 0 nitrogen and oxygen atoms in total. The van der Waals surface area contributed by atoms with Crippen molar-refractivity contribution in [1.29, 1.82) is 0 Å². The number of hydrogen-bond donors (Lipinski definition) is 0. The molecule has 0 saturated carbocycles. The summed E-state index contributed by atoms with van der Waals surface area (Å²) < 4.78 is 0. The summed E-state index contributed by atoms with van der Waals surface area (Å²) in [6, 6.07) is 66.6. The molecule has 0 spiro atoms. The molecule has 0 aliphatic carbocycles. The molecule has 9 rings (SSSR count). The summed E-state index contributed by atoms with van der Waals surface area (Å²) in [5.41, 5.74) is 9.98. The lowest BCUT2D eigenvalue weighted by Crippen LogP contribution is -1.94. The molecule has 0 bridgehead atoms. The van der Waals surface area contributed by atoms with Crippen LogP contribution >= 0.6 is 0 Å². The number of benzene rings is 9. The molecular weight excluding hydrogens is 553 g/mol. The van der Waals surface area contributed by atoms with Crippen molar-refractivity contribution in [3.8, 4) is 44.5 Å². The quantitative estimate of drug-likeness (QED) is 0.181. The Labute approximate surface area is 268 Å². The van der Waals surface area contributed by atoms with E-state index in [-0.39, 0.29) is 0 Å². The molecule has 0 heterocycles. The smallest absolute Gasteiger partial charge is 0.00199 e. The third-order valence-corrected chi connectivity index (χ3v) is 9.45. The van der Waals surface area contributed by atoms with Crippen molar-refractivity contribution in [1.82, 2.24) is 0 Å². The Balaban J connectivity index is 1.42. The number of hydrogen-bond acceptors (Lipinski definition) is 0. The predicted octanol–water partition coefficient (Wildman–Crippen LogP) is 13.0. The Morgan fingerprint density at radius 3 is 1.61 bits per heavy atom. The van der Waals surface area contributed by atoms with Gasteiger partial charge in [-0.15, -0.1) is 0 Å². The van der Waals surface area contributed by atoms with Crippen LogP contribution in [0.3, 0.4) is 0 Å². The van der Waals surface area contributed by atoms with Gasteiger partial charge < -0.3 is 0 Å². The fourth-order valence-corrected chi connectivity index (χ4v) is 7.33. The molecule has 0 radical (unpaired) electrons. The lowest BCUT2D eigenvalue weighted by atomic mass is 9.82. The van der Waals surface area contributed by atoms with Gasteiger partial charge >= 0.3 is 0 Å². The van der Waals surface area contributed by atoms with Crippen LogP contribution in [0.4, 0.5) is 0 Å². The summed E-state index contributed by atoms with van der Waals surface area (Å²) in [4.78, 5) is 0. The predicted molar refractivity (Wildman–Crippen MR) is 198 cm³/mol. The molecule has 0 unspecified atom stereocenters. The number of rotatable bonds is 4. The van der Waals surface area contributed by atoms with Crippen LogP contribution in [0.15, 0.2) is 182 Å². The summed E-state index contributed by atoms with van der Waals surface area (Å²) in [7, 11) is 0. The average Bonchev–Trinajstić information content (AvgIpc) is 3.13. The van der Waals surface area contributed by atoms with Gasteiger partial charge in [0.15, 0.2) is 0 Å². The van der Waals surface area contributed by atoms with Crippen LogP contribution in [-0.2, 0) is 0 Å². The van der Waals surface area contributed by atoms with E-state index in [9.17, 15) is 0 Å². The first-order chi connectivity index (χ1) is 22.8. The summed E-state index contributed by atoms with van der Waals surface area (Å²) in [6.45, 7) is 0. The summed E-state index contributed by atoms with van der Waals surface area (Å²) in [5.74, 6) is 0. The Bertz CT molecular complexity index is 2570. The Kier molecular flexibility index (Phi) is 6.25. The van der Waals surface area contributed by atoms with Gasteiger partial charge in [-0.25, -0.2) is 0 Å². The van der Waals surface area contributed by atoms with Gasteiger partial charge in [0.2, 0.25) is 0 Å². The molecular formula is C46H30. The summed E-state index contributed by atoms with van der Waals surface area (Å²) in [6.07, 6.45) is 0. The van der Waals surface area contributed by atoms with Crippen molar-refractivity contribution >= 4 is 43.1 Å². The van der Waals surface area contributed by atoms with Crippen LogP contribution in [0.25, 0.3) is 87.6 Å². The standard InChI is InChI=1S/C46H30/c1-2-13-31(14-3-1)35-27-28-43-44(30-35)46(40-21-9-8-20-39(40)38-24-12-18-33-16-6-7-19-37(33)38)42-23-11-10-22-41(42)45(43)36-26-25-32-15-4-5-17-34(32)29-36/h1-30H. The third kappa shape index (κ3) is 4.30. The Morgan fingerprint density at radius 2 is 0.783 bits per heavy atom. The van der Waals surface area contributed by atoms with E-state index in [0.717, 1.165) is 0 Å². The molecule has 0 atom stereocenters. The number of fused-ring (bicyclic) bond motifs is 4. The van der Waals surface area contributed by atoms with Gasteiger partial charge in [0.25, 0.3) is 0 Å². The SMILES string of the molecule is c1ccc(-c2ccc3c(-c4ccc5ccccc5c4)c4ccccc4c(-c4ccccc4-c4cccc5ccccc45)c3c2)cc1. The molecule has 0 fully saturated rings. The second kappa shape index (κ2) is 10.9. The molecule has 0 aromatic heterocycles. The minimum atomic E-state index is 1.22. The van der Waals surface area contributed by atoms with Crippen molar-refractivity contribution in [2.24, 2.45) is 0 Å². The van der Waals surface area contributed by atoms with E-state index in [4.69, 9.17) is 0 Å². The van der Waals surface area contributed by atoms with Gasteiger partial charge in [-0.3, -0.25) is 0 Å². The normalized spacial score (nSPS) is 11.5. The molecule has 9 aromatic carbocycles. The van der Waals surface area contributed by atoms with Gasteiger partial charge in [-0.05, 0) is 99.7 Å². The van der Waals surface area contributed by atoms with Crippen molar-refractivity contribution in [2.45, 2.75) is 0 Å². The summed E-state index contributed by atoms with van der Waals surface area (Å²) in [5, 5.41) is 10.1. The molecule has 0 aliphatic rings. The molecule has 0 aliphatic heterocycles. The minimum absolute atomic E-state index is 1.22. The van der Waals surface area contributed by atoms with Crippen LogP contribution in [-0.4, -0.2) is 0 Å². The molecule has 46 heavy (non-hydrogen) atoms. The van der Waals surface area contributed by atoms with Crippen LogP contribution in [0.2, 0.25) is 0 Å². The average molecular weight is 583 g/mol. The van der Waals surface area contributed by atoms with Crippen LogP contribution < -0.4 is 0 Å². The maximum absolute atomic E-state index is 2.41. The summed E-state index contributed by atoms with van der Waals surface area (Å²) >= 11 is 0. The monoisotopic (exact) mass is 582 g/mol. The second-order valence-corrected chi connectivity index (χ2v) is 12.1. The van der Waals surface area contributed by atoms with Crippen molar-refractivity contribution < 1.29 is 0 Å². The van der Waals surface area contributed by atoms with E-state index in [2.05, 4.69) is 182 Å². The van der Waals surface area contributed by atoms with Crippen molar-refractivity contribution in [3.63, 3.8) is 0 Å². The third-order valence-electron chi connectivity index (χ3n) is 9.45. The maximum atomic E-state index is 2.41. The van der Waals surface area contributed by atoms with Gasteiger partial charge in [-0.1, -0.05) is 170 Å². The Hall–Kier alpha value is -5.98. The van der Waals surface area contributed by atoms with E-state index in [1.807, 2.05) is 0 Å². The largest absolute Gasteiger partial charge is 0.0622 e. The van der Waals surface area contributed by atoms with Crippen LogP contribution in [0, 0.1) is 0 Å². The van der Waals surface area contributed by atoms with E-state index in [1.54, 1.807) is 0 Å². The minimum Gasteiger partial charge on any atom is -0.0622 e. The molecule has 214 valence electrons. The van der Waals surface area contributed by atoms with Crippen molar-refractivity contribution in [2.75, 3.05) is 0 Å². The first-order valence-electron chi connectivity index (χ1n) is 15.9. The van der Waals surface area contributed by atoms with Crippen LogP contribution in [0.1, 0.15) is 0 Å². The molecule has 0 amide bonds. The highest BCUT2D eigenvalue weighted by Crippen LogP contribution is 2.47. The zero-order valence-electron chi connectivity index (χ0n) is 25.3. The second-order valence-electron chi connectivity index (χ2n) is 12.1. The zero-order valence-corrected chi connectivity index (χ0v) is 25.3. The van der Waals surface area contributed by atoms with Gasteiger partial charge in [0.05, 0.1) is 0 Å². The molecule has 9 aromatic rings. The van der Waals surface area contributed by atoms with E-state index >= 15 is 0 Å². The van der Waals surface area contributed by atoms with Gasteiger partial charge in [0, 0.05) is 0 Å². The Morgan fingerprint density at radius 1 is 0.217 bits per heavy atom. The van der Waals surface area contributed by atoms with Gasteiger partial charge in [0.1, 0.15) is 0 Å². The van der Waals surface area contributed by atoms with E-state index < -0.39 is 0 Å². The van der Waals surface area contributed by atoms with Crippen molar-refractivity contribution in [3.05, 3.63) is 182 Å². The fraction of sp³-hybridized carbons (Fsp3) is 0. The first kappa shape index (κ1) is 26.4. The molecule has 0 heteroatoms. The molecule has 0 saturated heterocycles. The lowest BCUT2D eigenvalue weighted by Gasteiger charge is -2.21.